The third kappa shape index (κ3) is 4.17. The van der Waals surface area contributed by atoms with E-state index in [9.17, 15) is 9.59 Å². The monoisotopic (exact) mass is 344 g/mol. The van der Waals surface area contributed by atoms with Crippen LogP contribution in [0.15, 0.2) is 29.8 Å². The highest BCUT2D eigenvalue weighted by atomic mass is 32.1. The van der Waals surface area contributed by atoms with Crippen LogP contribution in [0.2, 0.25) is 0 Å². The van der Waals surface area contributed by atoms with E-state index in [2.05, 4.69) is 15.3 Å². The summed E-state index contributed by atoms with van der Waals surface area (Å²) in [6.45, 7) is 3.43. The lowest BCUT2D eigenvalue weighted by Gasteiger charge is -2.16. The highest BCUT2D eigenvalue weighted by Gasteiger charge is 2.34. The average Bonchev–Trinajstić information content (AvgIpc) is 3.15. The third-order valence-corrected chi connectivity index (χ3v) is 5.00. The van der Waals surface area contributed by atoms with Gasteiger partial charge >= 0.3 is 0 Å². The molecule has 0 radical (unpaired) electrons. The SMILES string of the molecule is Cc1csc(CCNC(=O)[C@H]2CC(=O)N(Cc3ccccn3)C2)n1. The van der Waals surface area contributed by atoms with Gasteiger partial charge in [0.1, 0.15) is 0 Å². The fourth-order valence-electron chi connectivity index (χ4n) is 2.74. The van der Waals surface area contributed by atoms with E-state index in [1.807, 2.05) is 30.5 Å². The Labute approximate surface area is 144 Å². The van der Waals surface area contributed by atoms with Gasteiger partial charge in [-0.05, 0) is 19.1 Å². The first-order valence-electron chi connectivity index (χ1n) is 7.98. The number of carbonyl (C=O) groups excluding carboxylic acids is 2. The molecule has 6 nitrogen and oxygen atoms in total. The number of thiazole rings is 1. The Hall–Kier alpha value is -2.28. The minimum absolute atomic E-state index is 0.0105. The van der Waals surface area contributed by atoms with E-state index in [4.69, 9.17) is 0 Å². The zero-order chi connectivity index (χ0) is 16.9. The van der Waals surface area contributed by atoms with Crippen LogP contribution < -0.4 is 5.32 Å². The molecule has 7 heteroatoms. The van der Waals surface area contributed by atoms with Crippen LogP contribution in [0.5, 0.6) is 0 Å². The van der Waals surface area contributed by atoms with Gasteiger partial charge in [0.2, 0.25) is 11.8 Å². The molecule has 1 aliphatic heterocycles. The minimum atomic E-state index is -0.278. The zero-order valence-corrected chi connectivity index (χ0v) is 14.4. The lowest BCUT2D eigenvalue weighted by Crippen LogP contribution is -2.34. The molecule has 3 rings (SSSR count). The summed E-state index contributed by atoms with van der Waals surface area (Å²) in [5.41, 5.74) is 1.85. The molecule has 1 saturated heterocycles. The van der Waals surface area contributed by atoms with E-state index in [0.29, 0.717) is 19.6 Å². The summed E-state index contributed by atoms with van der Waals surface area (Å²) in [6.07, 6.45) is 2.71. The normalized spacial score (nSPS) is 17.3. The Balaban J connectivity index is 1.47. The molecule has 3 heterocycles. The Morgan fingerprint density at radius 3 is 3.04 bits per heavy atom. The maximum absolute atomic E-state index is 12.3. The van der Waals surface area contributed by atoms with E-state index in [1.165, 1.54) is 0 Å². The van der Waals surface area contributed by atoms with Crippen molar-refractivity contribution in [1.82, 2.24) is 20.2 Å². The Bertz CT molecular complexity index is 716. The second-order valence-electron chi connectivity index (χ2n) is 5.92. The number of hydrogen-bond donors (Lipinski definition) is 1. The van der Waals surface area contributed by atoms with Crippen molar-refractivity contribution in [2.75, 3.05) is 13.1 Å². The van der Waals surface area contributed by atoms with Crippen molar-refractivity contribution < 1.29 is 9.59 Å². The fraction of sp³-hybridized carbons (Fsp3) is 0.412. The molecule has 2 amide bonds. The van der Waals surface area contributed by atoms with Gasteiger partial charge in [-0.25, -0.2) is 4.98 Å². The molecular weight excluding hydrogens is 324 g/mol. The van der Waals surface area contributed by atoms with Crippen LogP contribution in [0.3, 0.4) is 0 Å². The van der Waals surface area contributed by atoms with E-state index in [0.717, 1.165) is 22.8 Å². The zero-order valence-electron chi connectivity index (χ0n) is 13.6. The largest absolute Gasteiger partial charge is 0.355 e. The van der Waals surface area contributed by atoms with Gasteiger partial charge in [-0.1, -0.05) is 6.07 Å². The smallest absolute Gasteiger partial charge is 0.225 e. The topological polar surface area (TPSA) is 75.2 Å². The van der Waals surface area contributed by atoms with E-state index in [-0.39, 0.29) is 24.2 Å². The number of likely N-dealkylation sites (tertiary alicyclic amines) is 1. The predicted molar refractivity (Wildman–Crippen MR) is 91.3 cm³/mol. The van der Waals surface area contributed by atoms with Crippen LogP contribution in [0.4, 0.5) is 0 Å². The summed E-state index contributed by atoms with van der Waals surface area (Å²) in [5.74, 6) is -0.323. The number of nitrogens with one attached hydrogen (secondary N) is 1. The number of aryl methyl sites for hydroxylation is 1. The summed E-state index contributed by atoms with van der Waals surface area (Å²) in [4.78, 5) is 34.7. The molecule has 2 aromatic heterocycles. The average molecular weight is 344 g/mol. The predicted octanol–water partition coefficient (Wildman–Crippen LogP) is 1.55. The maximum Gasteiger partial charge on any atom is 0.225 e. The number of carbonyl (C=O) groups is 2. The highest BCUT2D eigenvalue weighted by Crippen LogP contribution is 2.20. The van der Waals surface area contributed by atoms with Crippen molar-refractivity contribution in [3.63, 3.8) is 0 Å². The summed E-state index contributed by atoms with van der Waals surface area (Å²) in [7, 11) is 0. The van der Waals surface area contributed by atoms with Gasteiger partial charge in [0, 0.05) is 43.2 Å². The first-order chi connectivity index (χ1) is 11.6. The first kappa shape index (κ1) is 16.6. The lowest BCUT2D eigenvalue weighted by atomic mass is 10.1. The number of hydrogen-bond acceptors (Lipinski definition) is 5. The second kappa shape index (κ2) is 7.53. The maximum atomic E-state index is 12.3. The van der Waals surface area contributed by atoms with E-state index < -0.39 is 0 Å². The first-order valence-corrected chi connectivity index (χ1v) is 8.86. The van der Waals surface area contributed by atoms with Gasteiger partial charge in [0.05, 0.1) is 23.2 Å². The van der Waals surface area contributed by atoms with Crippen molar-refractivity contribution >= 4 is 23.2 Å². The summed E-state index contributed by atoms with van der Waals surface area (Å²) >= 11 is 1.60. The van der Waals surface area contributed by atoms with Crippen LogP contribution >= 0.6 is 11.3 Å². The van der Waals surface area contributed by atoms with Crippen molar-refractivity contribution in [2.45, 2.75) is 26.3 Å². The van der Waals surface area contributed by atoms with Crippen LogP contribution in [0, 0.1) is 12.8 Å². The van der Waals surface area contributed by atoms with Crippen molar-refractivity contribution in [3.05, 3.63) is 46.2 Å². The molecule has 1 atom stereocenters. The number of aromatic nitrogens is 2. The van der Waals surface area contributed by atoms with Crippen molar-refractivity contribution in [3.8, 4) is 0 Å². The molecule has 1 fully saturated rings. The molecule has 1 aliphatic rings. The van der Waals surface area contributed by atoms with Crippen LogP contribution in [0.1, 0.15) is 22.8 Å². The standard InChI is InChI=1S/C17H20N4O2S/c1-12-11-24-15(20-12)5-7-19-17(23)13-8-16(22)21(9-13)10-14-4-2-3-6-18-14/h2-4,6,11,13H,5,7-10H2,1H3,(H,19,23)/t13-/m0/s1. The Morgan fingerprint density at radius 1 is 1.46 bits per heavy atom. The number of nitrogens with zero attached hydrogens (tertiary/aromatic N) is 3. The molecule has 2 aromatic rings. The van der Waals surface area contributed by atoms with Gasteiger partial charge in [0.15, 0.2) is 0 Å². The second-order valence-corrected chi connectivity index (χ2v) is 6.86. The van der Waals surface area contributed by atoms with Gasteiger partial charge in [-0.3, -0.25) is 14.6 Å². The van der Waals surface area contributed by atoms with Gasteiger partial charge in [-0.15, -0.1) is 11.3 Å². The van der Waals surface area contributed by atoms with Gasteiger partial charge in [-0.2, -0.15) is 0 Å². The molecule has 24 heavy (non-hydrogen) atoms. The molecule has 0 aliphatic carbocycles. The van der Waals surface area contributed by atoms with E-state index >= 15 is 0 Å². The number of pyridine rings is 1. The van der Waals surface area contributed by atoms with Gasteiger partial charge < -0.3 is 10.2 Å². The molecule has 0 spiro atoms. The Kier molecular flexibility index (Phi) is 5.20. The van der Waals surface area contributed by atoms with Crippen molar-refractivity contribution in [2.24, 2.45) is 5.92 Å². The minimum Gasteiger partial charge on any atom is -0.355 e. The van der Waals surface area contributed by atoms with Crippen molar-refractivity contribution in [1.29, 1.82) is 0 Å². The molecule has 0 unspecified atom stereocenters. The summed E-state index contributed by atoms with van der Waals surface area (Å²) in [5, 5.41) is 5.94. The molecule has 126 valence electrons. The fourth-order valence-corrected chi connectivity index (χ4v) is 3.52. The molecular formula is C17H20N4O2S. The molecule has 1 N–H and O–H groups in total. The molecule has 0 aromatic carbocycles. The number of amides is 2. The third-order valence-electron chi connectivity index (χ3n) is 3.97. The summed E-state index contributed by atoms with van der Waals surface area (Å²) in [6, 6.07) is 5.62. The van der Waals surface area contributed by atoms with Crippen LogP contribution in [-0.2, 0) is 22.6 Å². The van der Waals surface area contributed by atoms with Crippen LogP contribution in [0.25, 0.3) is 0 Å². The molecule has 0 bridgehead atoms. The lowest BCUT2D eigenvalue weighted by molar-refractivity contribution is -0.129. The van der Waals surface area contributed by atoms with Crippen LogP contribution in [-0.4, -0.2) is 39.8 Å². The summed E-state index contributed by atoms with van der Waals surface area (Å²) < 4.78 is 0. The highest BCUT2D eigenvalue weighted by molar-refractivity contribution is 7.09. The quantitative estimate of drug-likeness (QED) is 0.863. The Morgan fingerprint density at radius 2 is 2.33 bits per heavy atom. The number of rotatable bonds is 6. The molecule has 0 saturated carbocycles. The van der Waals surface area contributed by atoms with E-state index in [1.54, 1.807) is 22.4 Å². The van der Waals surface area contributed by atoms with Gasteiger partial charge in [0.25, 0.3) is 0 Å².